The third-order valence-corrected chi connectivity index (χ3v) is 5.58. The van der Waals surface area contributed by atoms with Crippen LogP contribution in [0.25, 0.3) is 0 Å². The zero-order valence-electron chi connectivity index (χ0n) is 12.3. The highest BCUT2D eigenvalue weighted by atomic mass is 35.5. The van der Waals surface area contributed by atoms with E-state index in [2.05, 4.69) is 17.5 Å². The van der Waals surface area contributed by atoms with E-state index in [0.29, 0.717) is 5.02 Å². The van der Waals surface area contributed by atoms with Crippen LogP contribution in [0.5, 0.6) is 0 Å². The van der Waals surface area contributed by atoms with Crippen molar-refractivity contribution >= 4 is 29.1 Å². The summed E-state index contributed by atoms with van der Waals surface area (Å²) in [6.07, 6.45) is 5.17. The number of imide groups is 1. The average molecular weight is 317 g/mol. The Morgan fingerprint density at radius 1 is 1.18 bits per heavy atom. The monoisotopic (exact) mass is 316 g/mol. The Hall–Kier alpha value is -1.81. The summed E-state index contributed by atoms with van der Waals surface area (Å²) in [5.74, 6) is 0.183. The van der Waals surface area contributed by atoms with E-state index in [1.54, 1.807) is 0 Å². The highest BCUT2D eigenvalue weighted by Crippen LogP contribution is 2.52. The second-order valence-electron chi connectivity index (χ2n) is 6.40. The number of nitrogens with zero attached hydrogens (tertiary/aromatic N) is 1. The van der Waals surface area contributed by atoms with E-state index in [1.807, 2.05) is 25.1 Å². The van der Waals surface area contributed by atoms with Crippen molar-refractivity contribution < 1.29 is 9.59 Å². The molecule has 5 heteroatoms. The van der Waals surface area contributed by atoms with Gasteiger partial charge in [-0.05, 0) is 42.9 Å². The highest BCUT2D eigenvalue weighted by Gasteiger charge is 2.59. The molecule has 1 heterocycles. The third-order valence-electron chi connectivity index (χ3n) is 5.17. The molecule has 0 radical (unpaired) electrons. The van der Waals surface area contributed by atoms with Gasteiger partial charge in [-0.3, -0.25) is 14.5 Å². The molecule has 2 aliphatic carbocycles. The number of allylic oxidation sites excluding steroid dienone is 2. The van der Waals surface area contributed by atoms with Crippen molar-refractivity contribution in [3.05, 3.63) is 40.9 Å². The molecule has 0 aromatic heterocycles. The molecule has 2 amide bonds. The second kappa shape index (κ2) is 4.85. The van der Waals surface area contributed by atoms with E-state index >= 15 is 0 Å². The lowest BCUT2D eigenvalue weighted by molar-refractivity contribution is -0.140. The van der Waals surface area contributed by atoms with Gasteiger partial charge in [0.05, 0.1) is 18.5 Å². The minimum Gasteiger partial charge on any atom is -0.367 e. The number of likely N-dealkylation sites (tertiary alicyclic amines) is 1. The maximum Gasteiger partial charge on any atom is 0.235 e. The summed E-state index contributed by atoms with van der Waals surface area (Å²) in [5, 5.41) is 3.80. The van der Waals surface area contributed by atoms with Gasteiger partial charge in [0.1, 0.15) is 0 Å². The fraction of sp³-hybridized carbons (Fsp3) is 0.412. The van der Waals surface area contributed by atoms with E-state index in [9.17, 15) is 9.59 Å². The van der Waals surface area contributed by atoms with Gasteiger partial charge >= 0.3 is 0 Å². The molecular formula is C17H17ClN2O2. The Morgan fingerprint density at radius 3 is 2.41 bits per heavy atom. The number of halogens is 1. The SMILES string of the molecule is Cc1ccc(NCN2C(=O)[C@@H]3[C@@H](C2=O)[C@@H]2C=C[C@@H]3C2)cc1Cl. The average Bonchev–Trinajstić information content (AvgIpc) is 3.16. The number of carbonyl (C=O) groups excluding carboxylic acids is 2. The molecule has 2 fully saturated rings. The van der Waals surface area contributed by atoms with Gasteiger partial charge in [0.15, 0.2) is 0 Å². The van der Waals surface area contributed by atoms with Crippen molar-refractivity contribution in [3.8, 4) is 0 Å². The van der Waals surface area contributed by atoms with E-state index in [1.165, 1.54) is 4.90 Å². The van der Waals surface area contributed by atoms with Crippen molar-refractivity contribution in [3.63, 3.8) is 0 Å². The topological polar surface area (TPSA) is 49.4 Å². The molecular weight excluding hydrogens is 300 g/mol. The Labute approximate surface area is 134 Å². The summed E-state index contributed by atoms with van der Waals surface area (Å²) >= 11 is 6.10. The van der Waals surface area contributed by atoms with Crippen LogP contribution in [0.4, 0.5) is 5.69 Å². The summed E-state index contributed by atoms with van der Waals surface area (Å²) in [7, 11) is 0. The van der Waals surface area contributed by atoms with Gasteiger partial charge in [-0.25, -0.2) is 0 Å². The standard InChI is InChI=1S/C17H17ClN2O2/c1-9-2-5-12(7-13(9)18)19-8-20-16(21)14-10-3-4-11(6-10)15(14)17(20)22/h2-5,7,10-11,14-15,19H,6,8H2,1H3/t10-,11-,14+,15+/m1/s1. The Balaban J connectivity index is 1.49. The molecule has 1 aromatic carbocycles. The highest BCUT2D eigenvalue weighted by molar-refractivity contribution is 6.31. The smallest absolute Gasteiger partial charge is 0.235 e. The number of hydrogen-bond acceptors (Lipinski definition) is 3. The first-order valence-corrected chi connectivity index (χ1v) is 7.97. The van der Waals surface area contributed by atoms with Crippen LogP contribution in [0, 0.1) is 30.6 Å². The van der Waals surface area contributed by atoms with Crippen LogP contribution >= 0.6 is 11.6 Å². The Morgan fingerprint density at radius 2 is 1.82 bits per heavy atom. The molecule has 2 bridgehead atoms. The molecule has 22 heavy (non-hydrogen) atoms. The van der Waals surface area contributed by atoms with Gasteiger partial charge in [0.25, 0.3) is 0 Å². The molecule has 3 aliphatic rings. The maximum atomic E-state index is 12.5. The molecule has 4 nitrogen and oxygen atoms in total. The van der Waals surface area contributed by atoms with Gasteiger partial charge in [0, 0.05) is 10.7 Å². The quantitative estimate of drug-likeness (QED) is 0.689. The number of hydrogen-bond donors (Lipinski definition) is 1. The van der Waals surface area contributed by atoms with Crippen LogP contribution in [0.2, 0.25) is 5.02 Å². The van der Waals surface area contributed by atoms with Gasteiger partial charge in [-0.2, -0.15) is 0 Å². The van der Waals surface area contributed by atoms with Crippen LogP contribution < -0.4 is 5.32 Å². The van der Waals surface area contributed by atoms with Crippen molar-refractivity contribution in [2.45, 2.75) is 13.3 Å². The van der Waals surface area contributed by atoms with Gasteiger partial charge in [-0.15, -0.1) is 0 Å². The molecule has 4 rings (SSSR count). The van der Waals surface area contributed by atoms with Crippen molar-refractivity contribution in [1.82, 2.24) is 4.90 Å². The van der Waals surface area contributed by atoms with Crippen molar-refractivity contribution in [2.75, 3.05) is 12.0 Å². The second-order valence-corrected chi connectivity index (χ2v) is 6.81. The molecule has 0 spiro atoms. The Bertz CT molecular complexity index is 670. The summed E-state index contributed by atoms with van der Waals surface area (Å²) < 4.78 is 0. The summed E-state index contributed by atoms with van der Waals surface area (Å²) in [5.41, 5.74) is 1.81. The predicted molar refractivity (Wildman–Crippen MR) is 84.2 cm³/mol. The van der Waals surface area contributed by atoms with E-state index in [4.69, 9.17) is 11.6 Å². The van der Waals surface area contributed by atoms with Crippen LogP contribution in [0.1, 0.15) is 12.0 Å². The van der Waals surface area contributed by atoms with Crippen LogP contribution in [-0.2, 0) is 9.59 Å². The molecule has 1 saturated carbocycles. The molecule has 0 unspecified atom stereocenters. The number of rotatable bonds is 3. The van der Waals surface area contributed by atoms with E-state index < -0.39 is 0 Å². The van der Waals surface area contributed by atoms with Crippen LogP contribution in [0.3, 0.4) is 0 Å². The lowest BCUT2D eigenvalue weighted by atomic mass is 9.85. The molecule has 114 valence electrons. The summed E-state index contributed by atoms with van der Waals surface area (Å²) in [4.78, 5) is 26.4. The zero-order valence-corrected chi connectivity index (χ0v) is 13.0. The first-order chi connectivity index (χ1) is 10.6. The fourth-order valence-electron chi connectivity index (χ4n) is 3.99. The summed E-state index contributed by atoms with van der Waals surface area (Å²) in [6, 6.07) is 5.63. The van der Waals surface area contributed by atoms with Crippen LogP contribution in [0.15, 0.2) is 30.4 Å². The number of amides is 2. The van der Waals surface area contributed by atoms with Gasteiger partial charge in [0.2, 0.25) is 11.8 Å². The number of nitrogens with one attached hydrogen (secondary N) is 1. The number of aryl methyl sites for hydroxylation is 1. The van der Waals surface area contributed by atoms with Crippen molar-refractivity contribution in [2.24, 2.45) is 23.7 Å². The zero-order chi connectivity index (χ0) is 15.4. The normalized spacial score (nSPS) is 32.0. The minimum absolute atomic E-state index is 0.0300. The van der Waals surface area contributed by atoms with E-state index in [-0.39, 0.29) is 42.2 Å². The molecule has 1 N–H and O–H groups in total. The molecule has 4 atom stereocenters. The lowest BCUT2D eigenvalue weighted by Gasteiger charge is -2.18. The number of benzene rings is 1. The molecule has 1 aliphatic heterocycles. The van der Waals surface area contributed by atoms with Gasteiger partial charge < -0.3 is 5.32 Å². The first-order valence-electron chi connectivity index (χ1n) is 7.60. The third kappa shape index (κ3) is 1.90. The summed E-state index contributed by atoms with van der Waals surface area (Å²) in [6.45, 7) is 2.15. The fourth-order valence-corrected chi connectivity index (χ4v) is 4.17. The Kier molecular flexibility index (Phi) is 3.05. The van der Waals surface area contributed by atoms with Crippen LogP contribution in [-0.4, -0.2) is 23.4 Å². The van der Waals surface area contributed by atoms with Gasteiger partial charge in [-0.1, -0.05) is 29.8 Å². The number of carbonyl (C=O) groups is 2. The predicted octanol–water partition coefficient (Wildman–Crippen LogP) is 2.82. The largest absolute Gasteiger partial charge is 0.367 e. The first kappa shape index (κ1) is 13.8. The van der Waals surface area contributed by atoms with Crippen molar-refractivity contribution in [1.29, 1.82) is 0 Å². The van der Waals surface area contributed by atoms with E-state index in [0.717, 1.165) is 17.7 Å². The number of fused-ring (bicyclic) bond motifs is 5. The molecule has 1 aromatic rings. The maximum absolute atomic E-state index is 12.5. The number of anilines is 1. The minimum atomic E-state index is -0.133. The molecule has 1 saturated heterocycles. The lowest BCUT2D eigenvalue weighted by Crippen LogP contribution is -2.37.